The molecule has 0 saturated carbocycles. The van der Waals surface area contributed by atoms with Gasteiger partial charge in [0, 0.05) is 29.1 Å². The zero-order valence-electron chi connectivity index (χ0n) is 11.4. The monoisotopic (exact) mass is 372 g/mol. The molecule has 0 spiro atoms. The van der Waals surface area contributed by atoms with Crippen molar-refractivity contribution >= 4 is 39.7 Å². The molecule has 1 aliphatic heterocycles. The van der Waals surface area contributed by atoms with Gasteiger partial charge >= 0.3 is 12.0 Å². The van der Waals surface area contributed by atoms with Crippen LogP contribution in [0.15, 0.2) is 28.7 Å². The maximum Gasteiger partial charge on any atom is 0.317 e. The fourth-order valence-corrected chi connectivity index (χ4v) is 3.69. The van der Waals surface area contributed by atoms with Crippen molar-refractivity contribution in [2.45, 2.75) is 19.0 Å². The maximum atomic E-state index is 12.3. The summed E-state index contributed by atoms with van der Waals surface area (Å²) in [4.78, 5) is 24.8. The molecule has 1 aromatic rings. The van der Waals surface area contributed by atoms with Gasteiger partial charge in [-0.2, -0.15) is 11.8 Å². The van der Waals surface area contributed by atoms with Gasteiger partial charge in [-0.1, -0.05) is 34.1 Å². The van der Waals surface area contributed by atoms with Crippen molar-refractivity contribution < 1.29 is 14.7 Å². The minimum Gasteiger partial charge on any atom is -0.481 e. The number of carbonyl (C=O) groups is 2. The van der Waals surface area contributed by atoms with E-state index in [1.54, 1.807) is 16.7 Å². The number of carboxylic acid groups (broad SMARTS) is 1. The van der Waals surface area contributed by atoms with Gasteiger partial charge < -0.3 is 15.3 Å². The Kier molecular flexibility index (Phi) is 5.93. The fraction of sp³-hybridized carbons (Fsp3) is 0.429. The van der Waals surface area contributed by atoms with E-state index in [0.29, 0.717) is 18.8 Å². The van der Waals surface area contributed by atoms with Crippen molar-refractivity contribution in [1.82, 2.24) is 10.2 Å². The minimum absolute atomic E-state index is 0.00451. The van der Waals surface area contributed by atoms with Crippen molar-refractivity contribution in [3.05, 3.63) is 34.3 Å². The van der Waals surface area contributed by atoms with Crippen LogP contribution in [-0.4, -0.2) is 46.1 Å². The summed E-state index contributed by atoms with van der Waals surface area (Å²) in [6, 6.07) is 7.26. The zero-order valence-corrected chi connectivity index (χ0v) is 13.8. The van der Waals surface area contributed by atoms with Crippen LogP contribution in [0.2, 0.25) is 0 Å². The average molecular weight is 373 g/mol. The van der Waals surface area contributed by atoms with Gasteiger partial charge in [0.05, 0.1) is 12.5 Å². The van der Waals surface area contributed by atoms with Gasteiger partial charge in [-0.3, -0.25) is 4.79 Å². The van der Waals surface area contributed by atoms with E-state index in [1.165, 1.54) is 0 Å². The summed E-state index contributed by atoms with van der Waals surface area (Å²) in [5.74, 6) is 0.652. The van der Waals surface area contributed by atoms with E-state index >= 15 is 0 Å². The lowest BCUT2D eigenvalue weighted by atomic mass is 10.2. The van der Waals surface area contributed by atoms with Gasteiger partial charge in [0.1, 0.15) is 0 Å². The van der Waals surface area contributed by atoms with Crippen LogP contribution < -0.4 is 5.32 Å². The number of nitrogens with zero attached hydrogens (tertiary/aromatic N) is 1. The predicted molar refractivity (Wildman–Crippen MR) is 86.4 cm³/mol. The van der Waals surface area contributed by atoms with Crippen molar-refractivity contribution in [3.63, 3.8) is 0 Å². The topological polar surface area (TPSA) is 69.6 Å². The van der Waals surface area contributed by atoms with E-state index in [4.69, 9.17) is 5.11 Å². The van der Waals surface area contributed by atoms with Gasteiger partial charge in [0.15, 0.2) is 0 Å². The molecule has 5 nitrogen and oxygen atoms in total. The van der Waals surface area contributed by atoms with Crippen LogP contribution in [0.5, 0.6) is 0 Å². The standard InChI is InChI=1S/C14H17BrN2O3S/c15-12-4-2-1-3-10(12)8-16-14(20)17-5-6-21-9-11(17)7-13(18)19/h1-4,11H,5-9H2,(H,16,20)(H,18,19). The Bertz CT molecular complexity index is 527. The summed E-state index contributed by atoms with van der Waals surface area (Å²) in [7, 11) is 0. The van der Waals surface area contributed by atoms with E-state index in [2.05, 4.69) is 21.2 Å². The van der Waals surface area contributed by atoms with E-state index in [0.717, 1.165) is 15.8 Å². The van der Waals surface area contributed by atoms with E-state index in [1.807, 2.05) is 24.3 Å². The molecule has 0 radical (unpaired) electrons. The molecule has 2 rings (SSSR count). The first kappa shape index (κ1) is 16.2. The minimum atomic E-state index is -0.869. The molecule has 1 aliphatic rings. The Hall–Kier alpha value is -1.21. The lowest BCUT2D eigenvalue weighted by Crippen LogP contribution is -2.51. The number of urea groups is 1. The summed E-state index contributed by atoms with van der Waals surface area (Å²) < 4.78 is 0.946. The van der Waals surface area contributed by atoms with Crippen LogP contribution >= 0.6 is 27.7 Å². The lowest BCUT2D eigenvalue weighted by Gasteiger charge is -2.34. The Balaban J connectivity index is 1.94. The second kappa shape index (κ2) is 7.70. The molecule has 114 valence electrons. The molecular weight excluding hydrogens is 356 g/mol. The van der Waals surface area contributed by atoms with Crippen LogP contribution in [0, 0.1) is 0 Å². The third-order valence-electron chi connectivity index (χ3n) is 3.29. The Morgan fingerprint density at radius 1 is 1.43 bits per heavy atom. The zero-order chi connectivity index (χ0) is 15.2. The molecule has 0 aliphatic carbocycles. The Morgan fingerprint density at radius 3 is 2.90 bits per heavy atom. The highest BCUT2D eigenvalue weighted by atomic mass is 79.9. The number of thioether (sulfide) groups is 1. The number of carbonyl (C=O) groups excluding carboxylic acids is 1. The number of hydrogen-bond acceptors (Lipinski definition) is 3. The third kappa shape index (κ3) is 4.64. The predicted octanol–water partition coefficient (Wildman–Crippen LogP) is 2.55. The molecule has 1 fully saturated rings. The van der Waals surface area contributed by atoms with E-state index in [9.17, 15) is 9.59 Å². The molecule has 1 heterocycles. The van der Waals surface area contributed by atoms with Crippen molar-refractivity contribution in [2.24, 2.45) is 0 Å². The molecule has 1 aromatic carbocycles. The molecule has 1 unspecified atom stereocenters. The number of halogens is 1. The highest BCUT2D eigenvalue weighted by molar-refractivity contribution is 9.10. The summed E-state index contributed by atoms with van der Waals surface area (Å²) in [5.41, 5.74) is 0.993. The van der Waals surface area contributed by atoms with E-state index in [-0.39, 0.29) is 18.5 Å². The molecule has 1 atom stereocenters. The number of carboxylic acids is 1. The van der Waals surface area contributed by atoms with Gasteiger partial charge in [-0.15, -0.1) is 0 Å². The first-order chi connectivity index (χ1) is 10.1. The van der Waals surface area contributed by atoms with Crippen molar-refractivity contribution in [3.8, 4) is 0 Å². The van der Waals surface area contributed by atoms with Crippen LogP contribution in [0.25, 0.3) is 0 Å². The molecule has 0 aromatic heterocycles. The number of benzene rings is 1. The second-order valence-electron chi connectivity index (χ2n) is 4.77. The van der Waals surface area contributed by atoms with Gasteiger partial charge in [-0.25, -0.2) is 4.79 Å². The van der Waals surface area contributed by atoms with Crippen molar-refractivity contribution in [1.29, 1.82) is 0 Å². The molecule has 7 heteroatoms. The van der Waals surface area contributed by atoms with E-state index < -0.39 is 5.97 Å². The molecule has 2 N–H and O–H groups in total. The highest BCUT2D eigenvalue weighted by Crippen LogP contribution is 2.20. The first-order valence-electron chi connectivity index (χ1n) is 6.65. The summed E-state index contributed by atoms with van der Waals surface area (Å²) in [6.07, 6.45) is -0.00451. The molecule has 21 heavy (non-hydrogen) atoms. The van der Waals surface area contributed by atoms with Crippen LogP contribution in [-0.2, 0) is 11.3 Å². The van der Waals surface area contributed by atoms with Crippen LogP contribution in [0.3, 0.4) is 0 Å². The second-order valence-corrected chi connectivity index (χ2v) is 6.77. The quantitative estimate of drug-likeness (QED) is 0.851. The summed E-state index contributed by atoms with van der Waals surface area (Å²) in [6.45, 7) is 1.01. The Labute approximate surface area is 136 Å². The third-order valence-corrected chi connectivity index (χ3v) is 5.15. The smallest absolute Gasteiger partial charge is 0.317 e. The summed E-state index contributed by atoms with van der Waals surface area (Å²) >= 11 is 5.13. The Morgan fingerprint density at radius 2 is 2.19 bits per heavy atom. The first-order valence-corrected chi connectivity index (χ1v) is 8.60. The number of hydrogen-bond donors (Lipinski definition) is 2. The fourth-order valence-electron chi connectivity index (χ4n) is 2.21. The number of nitrogens with one attached hydrogen (secondary N) is 1. The van der Waals surface area contributed by atoms with Crippen LogP contribution in [0.4, 0.5) is 4.79 Å². The highest BCUT2D eigenvalue weighted by Gasteiger charge is 2.28. The number of rotatable bonds is 4. The SMILES string of the molecule is O=C(O)CC1CSCCN1C(=O)NCc1ccccc1Br. The molecular formula is C14H17BrN2O3S. The number of aliphatic carboxylic acids is 1. The maximum absolute atomic E-state index is 12.3. The molecule has 0 bridgehead atoms. The largest absolute Gasteiger partial charge is 0.481 e. The normalized spacial score (nSPS) is 18.3. The number of amides is 2. The average Bonchev–Trinajstić information content (AvgIpc) is 2.46. The van der Waals surface area contributed by atoms with Gasteiger partial charge in [0.25, 0.3) is 0 Å². The molecule has 2 amide bonds. The van der Waals surface area contributed by atoms with Gasteiger partial charge in [-0.05, 0) is 11.6 Å². The van der Waals surface area contributed by atoms with Gasteiger partial charge in [0.2, 0.25) is 0 Å². The lowest BCUT2D eigenvalue weighted by molar-refractivity contribution is -0.137. The summed E-state index contributed by atoms with van der Waals surface area (Å²) in [5, 5.41) is 11.8. The van der Waals surface area contributed by atoms with Crippen LogP contribution in [0.1, 0.15) is 12.0 Å². The van der Waals surface area contributed by atoms with Crippen molar-refractivity contribution in [2.75, 3.05) is 18.1 Å². The molecule has 1 saturated heterocycles.